The summed E-state index contributed by atoms with van der Waals surface area (Å²) >= 11 is 0. The summed E-state index contributed by atoms with van der Waals surface area (Å²) in [5.41, 5.74) is 5.69. The summed E-state index contributed by atoms with van der Waals surface area (Å²) < 4.78 is 0. The molecule has 106 valence electrons. The number of nitrogens with two attached hydrogens (primary N) is 1. The molecule has 0 aromatic carbocycles. The van der Waals surface area contributed by atoms with Crippen LogP contribution < -0.4 is 5.73 Å². The highest BCUT2D eigenvalue weighted by Gasteiger charge is 2.28. The van der Waals surface area contributed by atoms with Crippen molar-refractivity contribution >= 4 is 5.95 Å². The molecule has 0 atom stereocenters. The number of rotatable bonds is 7. The number of hydrogen-bond acceptors (Lipinski definition) is 3. The molecule has 0 saturated heterocycles. The van der Waals surface area contributed by atoms with Gasteiger partial charge in [-0.3, -0.25) is 5.10 Å². The van der Waals surface area contributed by atoms with Crippen molar-refractivity contribution in [3.63, 3.8) is 0 Å². The molecule has 1 heterocycles. The summed E-state index contributed by atoms with van der Waals surface area (Å²) in [5.74, 6) is 1.31. The van der Waals surface area contributed by atoms with Crippen molar-refractivity contribution < 1.29 is 0 Å². The van der Waals surface area contributed by atoms with Gasteiger partial charge in [-0.25, -0.2) is 0 Å². The molecule has 0 unspecified atom stereocenters. The van der Waals surface area contributed by atoms with E-state index in [9.17, 15) is 0 Å². The second-order valence-electron chi connectivity index (χ2n) is 4.81. The Bertz CT molecular complexity index is 298. The molecule has 3 N–H and O–H groups in total. The fraction of sp³-hybridized carbons (Fsp3) is 0.857. The van der Waals surface area contributed by atoms with Crippen LogP contribution in [0, 0.1) is 0 Å². The van der Waals surface area contributed by atoms with E-state index in [4.69, 9.17) is 5.73 Å². The van der Waals surface area contributed by atoms with Gasteiger partial charge in [0, 0.05) is 5.41 Å². The van der Waals surface area contributed by atoms with Crippen molar-refractivity contribution in [3.05, 3.63) is 5.82 Å². The van der Waals surface area contributed by atoms with Gasteiger partial charge in [0.1, 0.15) is 5.82 Å². The third-order valence-corrected chi connectivity index (χ3v) is 3.24. The van der Waals surface area contributed by atoms with Gasteiger partial charge in [-0.1, -0.05) is 60.3 Å². The van der Waals surface area contributed by atoms with Gasteiger partial charge in [0.25, 0.3) is 0 Å². The molecule has 0 aliphatic carbocycles. The number of nitrogens with one attached hydrogen (secondary N) is 1. The van der Waals surface area contributed by atoms with E-state index in [0.717, 1.165) is 18.7 Å². The van der Waals surface area contributed by atoms with Crippen LogP contribution in [-0.2, 0) is 5.41 Å². The van der Waals surface area contributed by atoms with Crippen molar-refractivity contribution in [2.45, 2.75) is 78.6 Å². The third-order valence-electron chi connectivity index (χ3n) is 3.24. The van der Waals surface area contributed by atoms with Crippen molar-refractivity contribution in [2.24, 2.45) is 0 Å². The fourth-order valence-electron chi connectivity index (χ4n) is 2.04. The van der Waals surface area contributed by atoms with Gasteiger partial charge in [-0.2, -0.15) is 4.98 Å². The standard InChI is InChI=1S/C12H24N4.C2H6/c1-4-6-8-12(3,9-7-5-2)10-14-11(13)16-15-10;1-2/h4-9H2,1-3H3,(H3,13,14,15,16);1-2H3. The Morgan fingerprint density at radius 2 is 1.61 bits per heavy atom. The smallest absolute Gasteiger partial charge is 0.239 e. The van der Waals surface area contributed by atoms with E-state index in [-0.39, 0.29) is 5.41 Å². The maximum Gasteiger partial charge on any atom is 0.239 e. The molecular weight excluding hydrogens is 224 g/mol. The Morgan fingerprint density at radius 1 is 1.11 bits per heavy atom. The SMILES string of the molecule is CC.CCCCC(C)(CCCC)c1nc(N)n[nH]1. The Hall–Kier alpha value is -1.06. The molecule has 1 aromatic heterocycles. The normalized spacial score (nSPS) is 10.9. The van der Waals surface area contributed by atoms with Gasteiger partial charge in [0.05, 0.1) is 0 Å². The second kappa shape index (κ2) is 8.95. The number of nitrogens with zero attached hydrogens (tertiary/aromatic N) is 2. The highest BCUT2D eigenvalue weighted by molar-refractivity contribution is 5.17. The predicted molar refractivity (Wildman–Crippen MR) is 78.5 cm³/mol. The van der Waals surface area contributed by atoms with Crippen LogP contribution in [0.15, 0.2) is 0 Å². The first-order chi connectivity index (χ1) is 8.62. The highest BCUT2D eigenvalue weighted by Crippen LogP contribution is 2.32. The number of unbranched alkanes of at least 4 members (excludes halogenated alkanes) is 2. The Labute approximate surface area is 112 Å². The monoisotopic (exact) mass is 254 g/mol. The lowest BCUT2D eigenvalue weighted by atomic mass is 9.79. The quantitative estimate of drug-likeness (QED) is 0.771. The lowest BCUT2D eigenvalue weighted by Crippen LogP contribution is -2.24. The average Bonchev–Trinajstić information content (AvgIpc) is 2.84. The third kappa shape index (κ3) is 5.07. The van der Waals surface area contributed by atoms with Crippen molar-refractivity contribution in [2.75, 3.05) is 5.73 Å². The average molecular weight is 254 g/mol. The maximum absolute atomic E-state index is 5.58. The molecule has 4 heteroatoms. The Balaban J connectivity index is 0.00000137. The maximum atomic E-state index is 5.58. The molecule has 18 heavy (non-hydrogen) atoms. The zero-order valence-electron chi connectivity index (χ0n) is 12.7. The topological polar surface area (TPSA) is 67.6 Å². The van der Waals surface area contributed by atoms with Crippen molar-refractivity contribution in [3.8, 4) is 0 Å². The zero-order chi connectivity index (χ0) is 14.0. The van der Waals surface area contributed by atoms with E-state index in [1.54, 1.807) is 0 Å². The van der Waals surface area contributed by atoms with E-state index < -0.39 is 0 Å². The number of anilines is 1. The van der Waals surface area contributed by atoms with Crippen molar-refractivity contribution in [1.29, 1.82) is 0 Å². The molecular formula is C14H30N4. The summed E-state index contributed by atoms with van der Waals surface area (Å²) in [7, 11) is 0. The molecule has 0 aliphatic heterocycles. The summed E-state index contributed by atoms with van der Waals surface area (Å²) in [5, 5.41) is 6.92. The van der Waals surface area contributed by atoms with Gasteiger partial charge in [-0.05, 0) is 12.8 Å². The number of H-pyrrole nitrogens is 1. The van der Waals surface area contributed by atoms with Gasteiger partial charge in [-0.15, -0.1) is 5.10 Å². The number of hydrogen-bond donors (Lipinski definition) is 2. The van der Waals surface area contributed by atoms with Gasteiger partial charge >= 0.3 is 0 Å². The predicted octanol–water partition coefficient (Wildman–Crippen LogP) is 4.05. The highest BCUT2D eigenvalue weighted by atomic mass is 15.3. The lowest BCUT2D eigenvalue weighted by Gasteiger charge is -2.26. The van der Waals surface area contributed by atoms with Crippen molar-refractivity contribution in [1.82, 2.24) is 15.2 Å². The first-order valence-electron chi connectivity index (χ1n) is 7.30. The Morgan fingerprint density at radius 3 is 1.94 bits per heavy atom. The summed E-state index contributed by atoms with van der Waals surface area (Å²) in [6.07, 6.45) is 7.18. The van der Waals surface area contributed by atoms with Crippen LogP contribution >= 0.6 is 0 Å². The summed E-state index contributed by atoms with van der Waals surface area (Å²) in [6, 6.07) is 0. The lowest BCUT2D eigenvalue weighted by molar-refractivity contribution is 0.355. The van der Waals surface area contributed by atoms with Crippen LogP contribution in [0.1, 0.15) is 79.0 Å². The van der Waals surface area contributed by atoms with E-state index in [1.165, 1.54) is 25.7 Å². The largest absolute Gasteiger partial charge is 0.367 e. The molecule has 1 rings (SSSR count). The van der Waals surface area contributed by atoms with Crippen LogP contribution in [0.4, 0.5) is 5.95 Å². The molecule has 0 fully saturated rings. The van der Waals surface area contributed by atoms with Crippen LogP contribution in [0.5, 0.6) is 0 Å². The van der Waals surface area contributed by atoms with Crippen LogP contribution in [0.2, 0.25) is 0 Å². The Kier molecular flexibility index (Phi) is 8.42. The molecule has 0 amide bonds. The van der Waals surface area contributed by atoms with Gasteiger partial charge in [0.15, 0.2) is 0 Å². The van der Waals surface area contributed by atoms with Crippen LogP contribution in [0.25, 0.3) is 0 Å². The zero-order valence-corrected chi connectivity index (χ0v) is 12.7. The number of nitrogen functional groups attached to an aromatic ring is 1. The number of aromatic amines is 1. The minimum absolute atomic E-state index is 0.108. The molecule has 0 radical (unpaired) electrons. The molecule has 0 bridgehead atoms. The minimum atomic E-state index is 0.108. The molecule has 0 aliphatic rings. The minimum Gasteiger partial charge on any atom is -0.367 e. The van der Waals surface area contributed by atoms with Crippen LogP contribution in [-0.4, -0.2) is 15.2 Å². The van der Waals surface area contributed by atoms with Gasteiger partial charge < -0.3 is 5.73 Å². The van der Waals surface area contributed by atoms with E-state index >= 15 is 0 Å². The van der Waals surface area contributed by atoms with E-state index in [1.807, 2.05) is 13.8 Å². The molecule has 0 spiro atoms. The summed E-state index contributed by atoms with van der Waals surface area (Å²) in [6.45, 7) is 10.7. The second-order valence-corrected chi connectivity index (χ2v) is 4.81. The van der Waals surface area contributed by atoms with E-state index in [0.29, 0.717) is 5.95 Å². The fourth-order valence-corrected chi connectivity index (χ4v) is 2.04. The molecule has 0 saturated carbocycles. The first-order valence-corrected chi connectivity index (χ1v) is 7.30. The van der Waals surface area contributed by atoms with Gasteiger partial charge in [0.2, 0.25) is 5.95 Å². The molecule has 4 nitrogen and oxygen atoms in total. The van der Waals surface area contributed by atoms with E-state index in [2.05, 4.69) is 36.0 Å². The summed E-state index contributed by atoms with van der Waals surface area (Å²) in [4.78, 5) is 4.30. The first kappa shape index (κ1) is 16.9. The number of aromatic nitrogens is 3. The van der Waals surface area contributed by atoms with Crippen LogP contribution in [0.3, 0.4) is 0 Å². The molecule has 1 aromatic rings.